The van der Waals surface area contributed by atoms with Gasteiger partial charge in [-0.2, -0.15) is 9.40 Å². The second kappa shape index (κ2) is 12.0. The molecule has 1 aromatic carbocycles. The zero-order valence-corrected chi connectivity index (χ0v) is 22.2. The van der Waals surface area contributed by atoms with Crippen molar-refractivity contribution >= 4 is 40.0 Å². The van der Waals surface area contributed by atoms with Crippen LogP contribution in [0.5, 0.6) is 0 Å². The topological polar surface area (TPSA) is 101 Å². The second-order valence-corrected chi connectivity index (χ2v) is 9.56. The van der Waals surface area contributed by atoms with Crippen LogP contribution in [0.3, 0.4) is 0 Å². The van der Waals surface area contributed by atoms with Crippen LogP contribution in [0.4, 0.5) is 0 Å². The van der Waals surface area contributed by atoms with E-state index in [-0.39, 0.29) is 29.7 Å². The van der Waals surface area contributed by atoms with Crippen molar-refractivity contribution in [3.63, 3.8) is 0 Å². The minimum atomic E-state index is -3.39. The number of hydrogen-bond acceptors (Lipinski definition) is 5. The van der Waals surface area contributed by atoms with Crippen LogP contribution in [0, 0.1) is 13.8 Å². The van der Waals surface area contributed by atoms with E-state index in [2.05, 4.69) is 20.7 Å². The quantitative estimate of drug-likeness (QED) is 0.296. The first-order valence-corrected chi connectivity index (χ1v) is 12.0. The van der Waals surface area contributed by atoms with E-state index in [4.69, 9.17) is 4.74 Å². The highest BCUT2D eigenvalue weighted by Gasteiger charge is 2.25. The van der Waals surface area contributed by atoms with Crippen molar-refractivity contribution in [3.05, 3.63) is 52.3 Å². The first-order chi connectivity index (χ1) is 14.8. The molecule has 0 aliphatic carbocycles. The number of nitrogens with one attached hydrogen (secondary N) is 2. The van der Waals surface area contributed by atoms with Gasteiger partial charge in [0.2, 0.25) is 10.0 Å². The normalized spacial score (nSPS) is 15.3. The molecular formula is C21H33IN6O3S. The molecule has 11 heteroatoms. The van der Waals surface area contributed by atoms with Crippen LogP contribution < -0.4 is 10.6 Å². The van der Waals surface area contributed by atoms with Gasteiger partial charge in [0.15, 0.2) is 5.96 Å². The third kappa shape index (κ3) is 6.65. The fourth-order valence-corrected chi connectivity index (χ4v) is 5.19. The lowest BCUT2D eigenvalue weighted by Gasteiger charge is -2.26. The number of guanidine groups is 1. The van der Waals surface area contributed by atoms with Crippen LogP contribution in [0.1, 0.15) is 28.1 Å². The lowest BCUT2D eigenvalue weighted by atomic mass is 10.1. The number of benzene rings is 1. The van der Waals surface area contributed by atoms with E-state index < -0.39 is 10.0 Å². The van der Waals surface area contributed by atoms with Gasteiger partial charge in [0.25, 0.3) is 0 Å². The Bertz CT molecular complexity index is 1030. The molecule has 0 atom stereocenters. The number of ether oxygens (including phenoxy) is 1. The summed E-state index contributed by atoms with van der Waals surface area (Å²) < 4.78 is 34.3. The molecule has 0 bridgehead atoms. The fraction of sp³-hybridized carbons (Fsp3) is 0.524. The number of hydrogen-bond donors (Lipinski definition) is 2. The third-order valence-electron chi connectivity index (χ3n) is 5.58. The van der Waals surface area contributed by atoms with Crippen LogP contribution in [0.2, 0.25) is 0 Å². The predicted molar refractivity (Wildman–Crippen MR) is 137 cm³/mol. The summed E-state index contributed by atoms with van der Waals surface area (Å²) in [5.74, 6) is 0.624. The minimum Gasteiger partial charge on any atom is -0.379 e. The second-order valence-electron chi connectivity index (χ2n) is 7.59. The Balaban J connectivity index is 0.00000363. The number of aryl methyl sites for hydroxylation is 2. The lowest BCUT2D eigenvalue weighted by Crippen LogP contribution is -2.41. The molecule has 1 saturated heterocycles. The molecule has 1 fully saturated rings. The maximum Gasteiger partial charge on any atom is 0.218 e. The summed E-state index contributed by atoms with van der Waals surface area (Å²) in [6, 6.07) is 7.60. The summed E-state index contributed by atoms with van der Waals surface area (Å²) in [6.45, 7) is 6.82. The molecule has 2 aromatic rings. The molecule has 9 nitrogen and oxygen atoms in total. The summed E-state index contributed by atoms with van der Waals surface area (Å²) in [5, 5.41) is 11.0. The average molecular weight is 577 g/mol. The Morgan fingerprint density at radius 1 is 1.12 bits per heavy atom. The molecule has 0 amide bonds. The molecule has 178 valence electrons. The van der Waals surface area contributed by atoms with Crippen LogP contribution in [-0.2, 0) is 40.7 Å². The fourth-order valence-electron chi connectivity index (χ4n) is 3.63. The highest BCUT2D eigenvalue weighted by molar-refractivity contribution is 14.0. The van der Waals surface area contributed by atoms with Crippen molar-refractivity contribution in [1.29, 1.82) is 0 Å². The molecule has 0 spiro atoms. The maximum absolute atomic E-state index is 12.8. The maximum atomic E-state index is 12.8. The van der Waals surface area contributed by atoms with Crippen LogP contribution in [-0.4, -0.2) is 61.8 Å². The lowest BCUT2D eigenvalue weighted by molar-refractivity contribution is 0.0729. The number of morpholine rings is 1. The highest BCUT2D eigenvalue weighted by Crippen LogP contribution is 2.17. The van der Waals surface area contributed by atoms with Crippen LogP contribution in [0.25, 0.3) is 0 Å². The largest absolute Gasteiger partial charge is 0.379 e. The predicted octanol–water partition coefficient (Wildman–Crippen LogP) is 1.68. The number of aromatic nitrogens is 2. The van der Waals surface area contributed by atoms with Crippen LogP contribution >= 0.6 is 24.0 Å². The Kier molecular flexibility index (Phi) is 9.92. The van der Waals surface area contributed by atoms with Crippen LogP contribution in [0.15, 0.2) is 29.3 Å². The molecule has 2 N–H and O–H groups in total. The van der Waals surface area contributed by atoms with Gasteiger partial charge in [-0.25, -0.2) is 8.42 Å². The van der Waals surface area contributed by atoms with E-state index in [9.17, 15) is 8.42 Å². The molecule has 1 aromatic heterocycles. The summed E-state index contributed by atoms with van der Waals surface area (Å²) in [6.07, 6.45) is 0. The van der Waals surface area contributed by atoms with E-state index in [0.29, 0.717) is 45.4 Å². The molecule has 32 heavy (non-hydrogen) atoms. The van der Waals surface area contributed by atoms with Crippen molar-refractivity contribution in [2.24, 2.45) is 12.0 Å². The zero-order chi connectivity index (χ0) is 22.4. The number of halogens is 1. The standard InChI is InChI=1S/C21H32N6O3S.HI/c1-16-20(17(2)26(4)25-16)14-24-21(22-3)23-13-18-7-5-6-8-19(18)15-31(28,29)27-9-11-30-12-10-27;/h5-8H,9-15H2,1-4H3,(H2,22,23,24);1H. The van der Waals surface area contributed by atoms with Gasteiger partial charge in [0.1, 0.15) is 0 Å². The Morgan fingerprint density at radius 2 is 1.75 bits per heavy atom. The van der Waals surface area contributed by atoms with E-state index in [1.165, 1.54) is 4.31 Å². The molecule has 3 rings (SSSR count). The van der Waals surface area contributed by atoms with E-state index in [1.54, 1.807) is 7.05 Å². The van der Waals surface area contributed by atoms with Crippen molar-refractivity contribution in [1.82, 2.24) is 24.7 Å². The van der Waals surface area contributed by atoms with Crippen molar-refractivity contribution in [2.45, 2.75) is 32.7 Å². The van der Waals surface area contributed by atoms with Crippen molar-refractivity contribution in [2.75, 3.05) is 33.4 Å². The highest BCUT2D eigenvalue weighted by atomic mass is 127. The third-order valence-corrected chi connectivity index (χ3v) is 7.41. The summed E-state index contributed by atoms with van der Waals surface area (Å²) in [4.78, 5) is 4.29. The number of rotatable bonds is 7. The van der Waals surface area contributed by atoms with Gasteiger partial charge >= 0.3 is 0 Å². The first kappa shape index (κ1) is 26.6. The zero-order valence-electron chi connectivity index (χ0n) is 19.1. The number of sulfonamides is 1. The molecule has 1 aliphatic rings. The van der Waals surface area contributed by atoms with Gasteiger partial charge in [-0.05, 0) is 25.0 Å². The van der Waals surface area contributed by atoms with E-state index in [1.807, 2.05) is 49.8 Å². The minimum absolute atomic E-state index is 0. The number of aliphatic imine (C=N–C) groups is 1. The summed E-state index contributed by atoms with van der Waals surface area (Å²) in [7, 11) is 0.261. The monoisotopic (exact) mass is 576 g/mol. The Hall–Kier alpha value is -1.70. The molecule has 0 unspecified atom stereocenters. The van der Waals surface area contributed by atoms with Gasteiger partial charge in [-0.15, -0.1) is 24.0 Å². The summed E-state index contributed by atoms with van der Waals surface area (Å²) in [5.41, 5.74) is 4.95. The van der Waals surface area contributed by atoms with Gasteiger partial charge in [-0.1, -0.05) is 24.3 Å². The molecule has 1 aliphatic heterocycles. The smallest absolute Gasteiger partial charge is 0.218 e. The molecule has 0 saturated carbocycles. The van der Waals surface area contributed by atoms with Gasteiger partial charge in [0, 0.05) is 51.5 Å². The SMILES string of the molecule is CN=C(NCc1ccccc1CS(=O)(=O)N1CCOCC1)NCc1c(C)nn(C)c1C.I. The molecule has 2 heterocycles. The van der Waals surface area contributed by atoms with E-state index in [0.717, 1.165) is 28.1 Å². The van der Waals surface area contributed by atoms with Gasteiger partial charge < -0.3 is 15.4 Å². The Morgan fingerprint density at radius 3 is 2.34 bits per heavy atom. The average Bonchev–Trinajstić information content (AvgIpc) is 3.01. The summed E-state index contributed by atoms with van der Waals surface area (Å²) >= 11 is 0. The first-order valence-electron chi connectivity index (χ1n) is 10.4. The number of nitrogens with zero attached hydrogens (tertiary/aromatic N) is 4. The van der Waals surface area contributed by atoms with Gasteiger partial charge in [-0.3, -0.25) is 9.67 Å². The molecular weight excluding hydrogens is 543 g/mol. The Labute approximate surface area is 207 Å². The van der Waals surface area contributed by atoms with Crippen molar-refractivity contribution < 1.29 is 13.2 Å². The molecule has 0 radical (unpaired) electrons. The van der Waals surface area contributed by atoms with Gasteiger partial charge in [0.05, 0.1) is 24.7 Å². The van der Waals surface area contributed by atoms with Crippen molar-refractivity contribution in [3.8, 4) is 0 Å². The van der Waals surface area contributed by atoms with E-state index >= 15 is 0 Å².